The molecule has 0 amide bonds. The summed E-state index contributed by atoms with van der Waals surface area (Å²) in [4.78, 5) is 2.38. The van der Waals surface area contributed by atoms with E-state index in [0.29, 0.717) is 0 Å². The first-order valence-electron chi connectivity index (χ1n) is 6.71. The number of ether oxygens (including phenoxy) is 1. The van der Waals surface area contributed by atoms with Gasteiger partial charge in [-0.3, -0.25) is 0 Å². The van der Waals surface area contributed by atoms with Gasteiger partial charge in [0.15, 0.2) is 0 Å². The molecular weight excluding hydrogens is 224 g/mol. The molecule has 3 heteroatoms. The summed E-state index contributed by atoms with van der Waals surface area (Å²) in [6, 6.07) is 8.50. The molecular formula is C15H26N2O. The topological polar surface area (TPSA) is 38.5 Å². The van der Waals surface area contributed by atoms with Crippen LogP contribution in [0.3, 0.4) is 0 Å². The molecule has 0 bridgehead atoms. The van der Waals surface area contributed by atoms with Crippen LogP contribution in [0.4, 0.5) is 0 Å². The Morgan fingerprint density at radius 3 is 2.61 bits per heavy atom. The van der Waals surface area contributed by atoms with Crippen molar-refractivity contribution in [2.75, 3.05) is 33.4 Å². The maximum atomic E-state index is 6.27. The number of rotatable bonds is 8. The lowest BCUT2D eigenvalue weighted by molar-refractivity contribution is 0.149. The number of nitrogens with zero attached hydrogens (tertiary/aromatic N) is 1. The zero-order chi connectivity index (χ0) is 13.4. The maximum Gasteiger partial charge on any atom is 0.0589 e. The molecule has 2 N–H and O–H groups in total. The van der Waals surface area contributed by atoms with E-state index in [2.05, 4.69) is 43.0 Å². The van der Waals surface area contributed by atoms with Gasteiger partial charge < -0.3 is 15.4 Å². The molecule has 0 spiro atoms. The van der Waals surface area contributed by atoms with E-state index in [4.69, 9.17) is 10.5 Å². The fourth-order valence-corrected chi connectivity index (χ4v) is 2.13. The van der Waals surface area contributed by atoms with Crippen molar-refractivity contribution >= 4 is 0 Å². The van der Waals surface area contributed by atoms with Gasteiger partial charge in [-0.1, -0.05) is 31.2 Å². The van der Waals surface area contributed by atoms with Gasteiger partial charge in [0.2, 0.25) is 0 Å². The average molecular weight is 250 g/mol. The van der Waals surface area contributed by atoms with Crippen LogP contribution in [0.1, 0.15) is 30.5 Å². The Morgan fingerprint density at radius 2 is 2.00 bits per heavy atom. The highest BCUT2D eigenvalue weighted by atomic mass is 16.5. The molecule has 3 nitrogen and oxygen atoms in total. The molecule has 1 atom stereocenters. The van der Waals surface area contributed by atoms with Crippen LogP contribution in [0.15, 0.2) is 24.3 Å². The van der Waals surface area contributed by atoms with Gasteiger partial charge in [0, 0.05) is 26.2 Å². The maximum absolute atomic E-state index is 6.27. The van der Waals surface area contributed by atoms with E-state index in [1.165, 1.54) is 11.1 Å². The quantitative estimate of drug-likeness (QED) is 0.769. The normalized spacial score (nSPS) is 12.9. The highest BCUT2D eigenvalue weighted by Crippen LogP contribution is 2.18. The van der Waals surface area contributed by atoms with Crippen LogP contribution >= 0.6 is 0 Å². The van der Waals surface area contributed by atoms with E-state index in [9.17, 15) is 0 Å². The summed E-state index contributed by atoms with van der Waals surface area (Å²) < 4.78 is 5.11. The van der Waals surface area contributed by atoms with Crippen LogP contribution < -0.4 is 5.73 Å². The van der Waals surface area contributed by atoms with Gasteiger partial charge in [-0.05, 0) is 31.0 Å². The zero-order valence-corrected chi connectivity index (χ0v) is 11.9. The number of aryl methyl sites for hydroxylation is 1. The summed E-state index contributed by atoms with van der Waals surface area (Å²) in [7, 11) is 1.74. The fraction of sp³-hybridized carbons (Fsp3) is 0.600. The Hall–Kier alpha value is -0.900. The summed E-state index contributed by atoms with van der Waals surface area (Å²) in [6.45, 7) is 8.13. The molecule has 0 aliphatic heterocycles. The molecule has 1 aromatic carbocycles. The molecule has 0 aliphatic rings. The molecule has 0 aromatic heterocycles. The molecule has 0 radical (unpaired) electrons. The number of methoxy groups -OCH3 is 1. The van der Waals surface area contributed by atoms with E-state index in [-0.39, 0.29) is 6.04 Å². The van der Waals surface area contributed by atoms with Crippen molar-refractivity contribution in [1.29, 1.82) is 0 Å². The van der Waals surface area contributed by atoms with Crippen molar-refractivity contribution < 1.29 is 4.74 Å². The number of hydrogen-bond donors (Lipinski definition) is 1. The van der Waals surface area contributed by atoms with E-state index < -0.39 is 0 Å². The predicted molar refractivity (Wildman–Crippen MR) is 76.7 cm³/mol. The van der Waals surface area contributed by atoms with E-state index in [0.717, 1.165) is 32.7 Å². The second-order valence-electron chi connectivity index (χ2n) is 4.68. The Bertz CT molecular complexity index is 341. The first-order valence-corrected chi connectivity index (χ1v) is 6.71. The van der Waals surface area contributed by atoms with Crippen LogP contribution in [0.5, 0.6) is 0 Å². The third-order valence-electron chi connectivity index (χ3n) is 3.40. The number of hydrogen-bond acceptors (Lipinski definition) is 3. The molecule has 0 aliphatic carbocycles. The molecule has 1 aromatic rings. The summed E-state index contributed by atoms with van der Waals surface area (Å²) in [5, 5.41) is 0. The van der Waals surface area contributed by atoms with Gasteiger partial charge in [0.05, 0.1) is 6.61 Å². The monoisotopic (exact) mass is 250 g/mol. The third kappa shape index (κ3) is 4.77. The highest BCUT2D eigenvalue weighted by Gasteiger charge is 2.10. The lowest BCUT2D eigenvalue weighted by Gasteiger charge is -2.22. The molecule has 1 unspecified atom stereocenters. The van der Waals surface area contributed by atoms with Gasteiger partial charge in [0.25, 0.3) is 0 Å². The Morgan fingerprint density at radius 1 is 1.28 bits per heavy atom. The number of benzene rings is 1. The van der Waals surface area contributed by atoms with E-state index >= 15 is 0 Å². The van der Waals surface area contributed by atoms with Gasteiger partial charge in [-0.15, -0.1) is 0 Å². The van der Waals surface area contributed by atoms with Gasteiger partial charge in [-0.2, -0.15) is 0 Å². The Kier molecular flexibility index (Phi) is 6.94. The lowest BCUT2D eigenvalue weighted by Crippen LogP contribution is -2.30. The minimum Gasteiger partial charge on any atom is -0.383 e. The Balaban J connectivity index is 2.44. The van der Waals surface area contributed by atoms with Crippen molar-refractivity contribution in [3.05, 3.63) is 35.4 Å². The SMILES string of the molecule is CCN(CCOC)CCC(N)c1ccccc1C. The van der Waals surface area contributed by atoms with Crippen molar-refractivity contribution in [2.45, 2.75) is 26.3 Å². The van der Waals surface area contributed by atoms with Crippen molar-refractivity contribution in [2.24, 2.45) is 5.73 Å². The van der Waals surface area contributed by atoms with Gasteiger partial charge >= 0.3 is 0 Å². The number of likely N-dealkylation sites (N-methyl/N-ethyl adjacent to an activating group) is 1. The average Bonchev–Trinajstić information content (AvgIpc) is 2.39. The van der Waals surface area contributed by atoms with Gasteiger partial charge in [0.1, 0.15) is 0 Å². The summed E-state index contributed by atoms with van der Waals surface area (Å²) in [6.07, 6.45) is 0.988. The van der Waals surface area contributed by atoms with Crippen LogP contribution in [-0.2, 0) is 4.74 Å². The highest BCUT2D eigenvalue weighted by molar-refractivity contribution is 5.28. The third-order valence-corrected chi connectivity index (χ3v) is 3.40. The van der Waals surface area contributed by atoms with Crippen molar-refractivity contribution in [3.8, 4) is 0 Å². The minimum atomic E-state index is 0.128. The van der Waals surface area contributed by atoms with Gasteiger partial charge in [-0.25, -0.2) is 0 Å². The molecule has 0 saturated carbocycles. The lowest BCUT2D eigenvalue weighted by atomic mass is 9.99. The van der Waals surface area contributed by atoms with Crippen LogP contribution in [0.2, 0.25) is 0 Å². The first-order chi connectivity index (χ1) is 8.69. The summed E-state index contributed by atoms with van der Waals surface area (Å²) in [5.41, 5.74) is 8.82. The van der Waals surface area contributed by atoms with Crippen molar-refractivity contribution in [3.63, 3.8) is 0 Å². The van der Waals surface area contributed by atoms with E-state index in [1.54, 1.807) is 7.11 Å². The summed E-state index contributed by atoms with van der Waals surface area (Å²) in [5.74, 6) is 0. The van der Waals surface area contributed by atoms with Crippen LogP contribution in [-0.4, -0.2) is 38.3 Å². The first kappa shape index (κ1) is 15.2. The number of nitrogens with two attached hydrogens (primary N) is 1. The predicted octanol–water partition coefficient (Wildman–Crippen LogP) is 2.35. The molecule has 0 heterocycles. The van der Waals surface area contributed by atoms with Crippen LogP contribution in [0, 0.1) is 6.92 Å². The molecule has 0 fully saturated rings. The van der Waals surface area contributed by atoms with Crippen molar-refractivity contribution in [1.82, 2.24) is 4.90 Å². The van der Waals surface area contributed by atoms with E-state index in [1.807, 2.05) is 0 Å². The molecule has 1 rings (SSSR count). The largest absolute Gasteiger partial charge is 0.383 e. The zero-order valence-electron chi connectivity index (χ0n) is 11.9. The minimum absolute atomic E-state index is 0.128. The molecule has 0 saturated heterocycles. The second-order valence-corrected chi connectivity index (χ2v) is 4.68. The Labute approximate surface area is 111 Å². The second kappa shape index (κ2) is 8.25. The molecule has 102 valence electrons. The standard InChI is InChI=1S/C15H26N2O/c1-4-17(11-12-18-3)10-9-15(16)14-8-6-5-7-13(14)2/h5-8,15H,4,9-12,16H2,1-3H3. The smallest absolute Gasteiger partial charge is 0.0589 e. The fourth-order valence-electron chi connectivity index (χ4n) is 2.13. The summed E-state index contributed by atoms with van der Waals surface area (Å²) >= 11 is 0. The van der Waals surface area contributed by atoms with Crippen LogP contribution in [0.25, 0.3) is 0 Å². The molecule has 18 heavy (non-hydrogen) atoms.